The Morgan fingerprint density at radius 1 is 1.17 bits per heavy atom. The molecule has 0 amide bonds. The van der Waals surface area contributed by atoms with Crippen LogP contribution >= 0.6 is 0 Å². The van der Waals surface area contributed by atoms with Crippen molar-refractivity contribution >= 4 is 11.7 Å². The Labute approximate surface area is 212 Å². The van der Waals surface area contributed by atoms with Crippen LogP contribution in [0.2, 0.25) is 0 Å². The van der Waals surface area contributed by atoms with Crippen LogP contribution in [0, 0.1) is 17.7 Å². The normalized spacial score (nSPS) is 16.2. The van der Waals surface area contributed by atoms with Crippen LogP contribution in [0.3, 0.4) is 0 Å². The minimum Gasteiger partial charge on any atom is -0.497 e. The standard InChI is InChI=1S/C28H36FN3O4/c1-5-35-28(33)16-23(19-9-10-19)20-7-6-8-22(14-20)36-17-25-27(13-18(2)3)32(31-30-25)26-15-21(34-4)11-12-24(26)29/h6-8,11-12,14-15,18-19,23,30-31H,5,9-10,13,16-17H2,1-4H3/t23-/m0/s1. The zero-order valence-electron chi connectivity index (χ0n) is 21.5. The number of ether oxygens (including phenoxy) is 3. The number of carbonyl (C=O) groups excluding carboxylic acids is 1. The van der Waals surface area contributed by atoms with E-state index in [2.05, 4.69) is 30.9 Å². The summed E-state index contributed by atoms with van der Waals surface area (Å²) in [5.74, 6) is 1.79. The van der Waals surface area contributed by atoms with Gasteiger partial charge in [0.25, 0.3) is 0 Å². The fourth-order valence-electron chi connectivity index (χ4n) is 4.56. The molecule has 194 valence electrons. The number of nitrogens with zero attached hydrogens (tertiary/aromatic N) is 1. The molecule has 2 aromatic rings. The molecule has 1 aliphatic heterocycles. The van der Waals surface area contributed by atoms with Gasteiger partial charge in [0.05, 0.1) is 37.2 Å². The molecular formula is C28H36FN3O4. The van der Waals surface area contributed by atoms with Gasteiger partial charge >= 0.3 is 5.97 Å². The average Bonchev–Trinajstić information content (AvgIpc) is 3.63. The highest BCUT2D eigenvalue weighted by Crippen LogP contribution is 2.45. The van der Waals surface area contributed by atoms with E-state index in [0.717, 1.165) is 42.0 Å². The van der Waals surface area contributed by atoms with Crippen LogP contribution in [-0.2, 0) is 9.53 Å². The number of hydrogen-bond acceptors (Lipinski definition) is 7. The summed E-state index contributed by atoms with van der Waals surface area (Å²) in [6, 6.07) is 12.6. The minimum atomic E-state index is -0.353. The van der Waals surface area contributed by atoms with Gasteiger partial charge in [-0.1, -0.05) is 26.0 Å². The first-order valence-corrected chi connectivity index (χ1v) is 12.6. The van der Waals surface area contributed by atoms with Crippen LogP contribution in [0.25, 0.3) is 0 Å². The Morgan fingerprint density at radius 3 is 2.67 bits per heavy atom. The van der Waals surface area contributed by atoms with Gasteiger partial charge in [0, 0.05) is 6.07 Å². The van der Waals surface area contributed by atoms with Crippen LogP contribution in [0.15, 0.2) is 53.9 Å². The van der Waals surface area contributed by atoms with Gasteiger partial charge in [-0.05, 0) is 73.8 Å². The van der Waals surface area contributed by atoms with E-state index in [1.165, 1.54) is 6.07 Å². The number of halogens is 1. The SMILES string of the molecule is CCOC(=O)C[C@H](c1cccc(OCC2=C(CC(C)C)N(c3cc(OC)ccc3F)NN2)c1)C1CC1. The maximum absolute atomic E-state index is 14.7. The molecule has 0 saturated heterocycles. The van der Waals surface area contributed by atoms with Gasteiger partial charge in [-0.15, -0.1) is 5.53 Å². The van der Waals surface area contributed by atoms with Crippen molar-refractivity contribution < 1.29 is 23.4 Å². The topological polar surface area (TPSA) is 72.1 Å². The Balaban J connectivity index is 1.52. The summed E-state index contributed by atoms with van der Waals surface area (Å²) in [5, 5.41) is 1.72. The smallest absolute Gasteiger partial charge is 0.306 e. The van der Waals surface area contributed by atoms with E-state index in [9.17, 15) is 9.18 Å². The lowest BCUT2D eigenvalue weighted by molar-refractivity contribution is -0.143. The second-order valence-electron chi connectivity index (χ2n) is 9.73. The molecule has 4 rings (SSSR count). The third-order valence-corrected chi connectivity index (χ3v) is 6.49. The van der Waals surface area contributed by atoms with Crippen molar-refractivity contribution in [2.24, 2.45) is 11.8 Å². The zero-order valence-corrected chi connectivity index (χ0v) is 21.5. The molecular weight excluding hydrogens is 461 g/mol. The van der Waals surface area contributed by atoms with Crippen molar-refractivity contribution in [3.8, 4) is 11.5 Å². The van der Waals surface area contributed by atoms with Gasteiger partial charge < -0.3 is 19.6 Å². The summed E-state index contributed by atoms with van der Waals surface area (Å²) in [7, 11) is 1.56. The molecule has 36 heavy (non-hydrogen) atoms. The van der Waals surface area contributed by atoms with Crippen molar-refractivity contribution in [1.29, 1.82) is 0 Å². The van der Waals surface area contributed by atoms with E-state index in [-0.39, 0.29) is 24.3 Å². The quantitative estimate of drug-likeness (QED) is 0.378. The molecule has 0 bridgehead atoms. The van der Waals surface area contributed by atoms with Gasteiger partial charge in [-0.3, -0.25) is 9.80 Å². The second kappa shape index (κ2) is 11.6. The molecule has 7 nitrogen and oxygen atoms in total. The number of hydrogen-bond donors (Lipinski definition) is 2. The Hall–Kier alpha value is -3.26. The third-order valence-electron chi connectivity index (χ3n) is 6.49. The van der Waals surface area contributed by atoms with E-state index in [1.807, 2.05) is 25.1 Å². The zero-order chi connectivity index (χ0) is 25.7. The molecule has 0 unspecified atom stereocenters. The van der Waals surface area contributed by atoms with Crippen molar-refractivity contribution in [2.75, 3.05) is 25.3 Å². The molecule has 1 fully saturated rings. The van der Waals surface area contributed by atoms with E-state index in [1.54, 1.807) is 24.3 Å². The number of anilines is 1. The lowest BCUT2D eigenvalue weighted by Crippen LogP contribution is -2.39. The predicted molar refractivity (Wildman–Crippen MR) is 137 cm³/mol. The van der Waals surface area contributed by atoms with E-state index in [0.29, 0.717) is 36.3 Å². The highest BCUT2D eigenvalue weighted by atomic mass is 19.1. The highest BCUT2D eigenvalue weighted by Gasteiger charge is 2.34. The maximum atomic E-state index is 14.7. The van der Waals surface area contributed by atoms with Gasteiger partial charge in [0.1, 0.15) is 23.9 Å². The van der Waals surface area contributed by atoms with E-state index < -0.39 is 0 Å². The molecule has 2 aliphatic rings. The summed E-state index contributed by atoms with van der Waals surface area (Å²) in [6.07, 6.45) is 3.37. The number of rotatable bonds is 12. The molecule has 0 aromatic heterocycles. The van der Waals surface area contributed by atoms with Crippen LogP contribution in [-0.4, -0.2) is 26.3 Å². The molecule has 0 radical (unpaired) electrons. The third kappa shape index (κ3) is 6.29. The largest absolute Gasteiger partial charge is 0.497 e. The predicted octanol–water partition coefficient (Wildman–Crippen LogP) is 5.45. The van der Waals surface area contributed by atoms with Crippen LogP contribution in [0.1, 0.15) is 57.9 Å². The highest BCUT2D eigenvalue weighted by molar-refractivity contribution is 5.70. The van der Waals surface area contributed by atoms with Crippen molar-refractivity contribution in [1.82, 2.24) is 11.0 Å². The number of allylic oxidation sites excluding steroid dienone is 1. The van der Waals surface area contributed by atoms with E-state index in [4.69, 9.17) is 14.2 Å². The van der Waals surface area contributed by atoms with Gasteiger partial charge in [-0.2, -0.15) is 0 Å². The van der Waals surface area contributed by atoms with Crippen LogP contribution in [0.4, 0.5) is 10.1 Å². The molecule has 8 heteroatoms. The second-order valence-corrected chi connectivity index (χ2v) is 9.73. The number of hydrazine groups is 2. The van der Waals surface area contributed by atoms with Gasteiger partial charge in [0.15, 0.2) is 0 Å². The lowest BCUT2D eigenvalue weighted by atomic mass is 9.91. The first-order chi connectivity index (χ1) is 17.4. The Kier molecular flexibility index (Phi) is 8.36. The minimum absolute atomic E-state index is 0.140. The molecule has 0 spiro atoms. The van der Waals surface area contributed by atoms with Crippen molar-refractivity contribution in [3.63, 3.8) is 0 Å². The molecule has 2 aromatic carbocycles. The summed E-state index contributed by atoms with van der Waals surface area (Å²) >= 11 is 0. The fraction of sp³-hybridized carbons (Fsp3) is 0.464. The summed E-state index contributed by atoms with van der Waals surface area (Å²) in [5.41, 5.74) is 9.45. The van der Waals surface area contributed by atoms with Gasteiger partial charge in [-0.25, -0.2) is 4.39 Å². The molecule has 1 saturated carbocycles. The van der Waals surface area contributed by atoms with Gasteiger partial charge in [0.2, 0.25) is 0 Å². The lowest BCUT2D eigenvalue weighted by Gasteiger charge is -2.23. The first-order valence-electron chi connectivity index (χ1n) is 12.6. The number of nitrogens with one attached hydrogen (secondary N) is 2. The monoisotopic (exact) mass is 497 g/mol. The summed E-state index contributed by atoms with van der Waals surface area (Å²) < 4.78 is 31.4. The van der Waals surface area contributed by atoms with E-state index >= 15 is 0 Å². The van der Waals surface area contributed by atoms with Crippen LogP contribution < -0.4 is 25.4 Å². The number of esters is 1. The molecule has 1 atom stereocenters. The fourth-order valence-corrected chi connectivity index (χ4v) is 4.56. The van der Waals surface area contributed by atoms with Crippen LogP contribution in [0.5, 0.6) is 11.5 Å². The molecule has 1 heterocycles. The molecule has 1 aliphatic carbocycles. The molecule has 2 N–H and O–H groups in total. The summed E-state index contributed by atoms with van der Waals surface area (Å²) in [4.78, 5) is 12.2. The maximum Gasteiger partial charge on any atom is 0.306 e. The first kappa shape index (κ1) is 25.8. The number of benzene rings is 2. The Bertz CT molecular complexity index is 1100. The average molecular weight is 498 g/mol. The number of methoxy groups -OCH3 is 1. The summed E-state index contributed by atoms with van der Waals surface area (Å²) in [6.45, 7) is 6.75. The number of carbonyl (C=O) groups is 1. The van der Waals surface area contributed by atoms with Crippen molar-refractivity contribution in [3.05, 3.63) is 65.2 Å². The van der Waals surface area contributed by atoms with Crippen molar-refractivity contribution in [2.45, 2.75) is 52.4 Å². The Morgan fingerprint density at radius 2 is 1.97 bits per heavy atom.